The molecule has 0 radical (unpaired) electrons. The van der Waals surface area contributed by atoms with Gasteiger partial charge in [0.25, 0.3) is 0 Å². The van der Waals surface area contributed by atoms with Gasteiger partial charge in [-0.2, -0.15) is 8.42 Å². The first-order chi connectivity index (χ1) is 11.2. The summed E-state index contributed by atoms with van der Waals surface area (Å²) in [5.41, 5.74) is 0. The van der Waals surface area contributed by atoms with E-state index in [0.29, 0.717) is 0 Å². The van der Waals surface area contributed by atoms with Crippen LogP contribution in [0.2, 0.25) is 0 Å². The van der Waals surface area contributed by atoms with E-state index in [1.54, 1.807) is 0 Å². The van der Waals surface area contributed by atoms with Gasteiger partial charge < -0.3 is 20.4 Å². The molecule has 0 aliphatic heterocycles. The van der Waals surface area contributed by atoms with E-state index in [1.807, 2.05) is 0 Å². The Hall–Kier alpha value is 1.23. The van der Waals surface area contributed by atoms with Crippen molar-refractivity contribution in [1.29, 1.82) is 0 Å². The normalized spacial score (nSPS) is 9.07. The quantitative estimate of drug-likeness (QED) is 0.0973. The van der Waals surface area contributed by atoms with Crippen LogP contribution in [-0.4, -0.2) is 170 Å². The van der Waals surface area contributed by atoms with Crippen molar-refractivity contribution in [3.05, 3.63) is 0 Å². The molecule has 0 saturated heterocycles. The summed E-state index contributed by atoms with van der Waals surface area (Å²) >= 11 is 0. The van der Waals surface area contributed by atoms with Gasteiger partial charge in [0.05, 0.1) is 26.2 Å². The fourth-order valence-corrected chi connectivity index (χ4v) is 1.48. The van der Waals surface area contributed by atoms with Crippen molar-refractivity contribution in [2.45, 2.75) is 0 Å². The molecule has 0 bridgehead atoms. The summed E-state index contributed by atoms with van der Waals surface area (Å²) in [4.78, 5) is 44.4. The summed E-state index contributed by atoms with van der Waals surface area (Å²) in [6.07, 6.45) is 0. The maximum atomic E-state index is 10.6. The van der Waals surface area contributed by atoms with Crippen LogP contribution < -0.4 is 0 Å². The van der Waals surface area contributed by atoms with E-state index in [1.165, 1.54) is 0 Å². The Morgan fingerprint density at radius 2 is 0.700 bits per heavy atom. The Kier molecular flexibility index (Phi) is 42.9. The molecule has 0 aliphatic carbocycles. The Bertz CT molecular complexity index is 523. The Morgan fingerprint density at radius 1 is 0.567 bits per heavy atom. The Morgan fingerprint density at radius 3 is 0.800 bits per heavy atom. The van der Waals surface area contributed by atoms with Crippen molar-refractivity contribution in [2.75, 3.05) is 39.3 Å². The number of carboxylic acid groups (broad SMARTS) is 4. The molecular weight excluding hydrogens is 586 g/mol. The Balaban J connectivity index is -0.0000000948. The SMILES string of the molecule is O=C(O)CN(CCN(CC(=O)O)CC(=O)O)CC(=O)O.O=S(=O)(O)O.[Fe].[Fe].[Fe].[NaH].[NaH]. The third kappa shape index (κ3) is 47.1. The van der Waals surface area contributed by atoms with Gasteiger partial charge >= 0.3 is 93.4 Å². The summed E-state index contributed by atoms with van der Waals surface area (Å²) in [5.74, 6) is -4.91. The van der Waals surface area contributed by atoms with E-state index < -0.39 is 60.5 Å². The number of carbonyl (C=O) groups is 4. The molecule has 0 saturated carbocycles. The molecule has 0 heterocycles. The molecule has 0 unspecified atom stereocenters. The number of aliphatic carboxylic acids is 4. The van der Waals surface area contributed by atoms with E-state index in [-0.39, 0.29) is 123 Å². The average Bonchev–Trinajstić information content (AvgIpc) is 2.30. The van der Waals surface area contributed by atoms with Crippen LogP contribution in [0.3, 0.4) is 0 Å². The van der Waals surface area contributed by atoms with Gasteiger partial charge in [0, 0.05) is 64.3 Å². The molecule has 0 rings (SSSR count). The second-order valence-electron chi connectivity index (χ2n) is 4.44. The predicted octanol–water partition coefficient (Wildman–Crippen LogP) is -4.03. The molecule has 0 spiro atoms. The molecule has 0 aliphatic rings. The summed E-state index contributed by atoms with van der Waals surface area (Å²) in [5, 5.41) is 34.5. The average molecular weight is 606 g/mol. The van der Waals surface area contributed by atoms with Crippen LogP contribution in [-0.2, 0) is 80.8 Å². The molecule has 0 atom stereocenters. The number of hydrogen-bond donors (Lipinski definition) is 6. The second-order valence-corrected chi connectivity index (χ2v) is 5.34. The molecule has 0 aromatic rings. The summed E-state index contributed by atoms with van der Waals surface area (Å²) in [6.45, 7) is -2.25. The molecule has 174 valence electrons. The van der Waals surface area contributed by atoms with Gasteiger partial charge in [-0.1, -0.05) is 0 Å². The van der Waals surface area contributed by atoms with Gasteiger partial charge in [0.2, 0.25) is 0 Å². The van der Waals surface area contributed by atoms with E-state index in [2.05, 4.69) is 0 Å². The molecule has 14 nitrogen and oxygen atoms in total. The fourth-order valence-electron chi connectivity index (χ4n) is 1.48. The molecule has 0 aromatic heterocycles. The fraction of sp³-hybridized carbons (Fsp3) is 0.600. The molecule has 0 aromatic carbocycles. The van der Waals surface area contributed by atoms with Crippen LogP contribution in [0.4, 0.5) is 0 Å². The third-order valence-corrected chi connectivity index (χ3v) is 2.17. The summed E-state index contributed by atoms with van der Waals surface area (Å²) in [6, 6.07) is 0. The van der Waals surface area contributed by atoms with Gasteiger partial charge in [0.15, 0.2) is 0 Å². The van der Waals surface area contributed by atoms with Crippen molar-refractivity contribution in [2.24, 2.45) is 0 Å². The number of hydrogen-bond acceptors (Lipinski definition) is 8. The van der Waals surface area contributed by atoms with Crippen molar-refractivity contribution < 1.29 is 108 Å². The van der Waals surface area contributed by atoms with Crippen LogP contribution >= 0.6 is 0 Å². The maximum absolute atomic E-state index is 10.6. The van der Waals surface area contributed by atoms with Crippen LogP contribution in [0.5, 0.6) is 0 Å². The molecule has 0 amide bonds. The predicted molar refractivity (Wildman–Crippen MR) is 91.9 cm³/mol. The van der Waals surface area contributed by atoms with Crippen LogP contribution in [0.15, 0.2) is 0 Å². The van der Waals surface area contributed by atoms with Crippen LogP contribution in [0.1, 0.15) is 0 Å². The van der Waals surface area contributed by atoms with Crippen molar-refractivity contribution >= 4 is 93.4 Å². The summed E-state index contributed by atoms with van der Waals surface area (Å²) in [7, 11) is -4.67. The van der Waals surface area contributed by atoms with Crippen molar-refractivity contribution in [1.82, 2.24) is 9.80 Å². The van der Waals surface area contributed by atoms with Crippen molar-refractivity contribution in [3.63, 3.8) is 0 Å². The van der Waals surface area contributed by atoms with Crippen LogP contribution in [0, 0.1) is 0 Å². The van der Waals surface area contributed by atoms with Gasteiger partial charge in [0.1, 0.15) is 0 Å². The van der Waals surface area contributed by atoms with E-state index in [0.717, 1.165) is 9.80 Å². The van der Waals surface area contributed by atoms with Gasteiger partial charge in [-0.25, -0.2) is 0 Å². The Labute approximate surface area is 248 Å². The zero-order valence-electron chi connectivity index (χ0n) is 13.7. The monoisotopic (exact) mass is 606 g/mol. The first-order valence-electron chi connectivity index (χ1n) is 6.22. The first kappa shape index (κ1) is 48.6. The standard InChI is InChI=1S/C10H16N2O8.3Fe.2Na.H2O4S.2H/c13-7(14)3-11(4-8(15)16)1-2-12(5-9(17)18)6-10(19)20;;;;;;1-5(2,3)4;;/h1-6H2,(H,13,14)(H,15,16)(H,17,18)(H,19,20);;;;;;(H2,1,2,3,4);;. The van der Waals surface area contributed by atoms with Gasteiger partial charge in [-0.3, -0.25) is 38.1 Å². The number of nitrogens with zero attached hydrogens (tertiary/aromatic N) is 2. The van der Waals surface area contributed by atoms with E-state index >= 15 is 0 Å². The zero-order chi connectivity index (χ0) is 20.2. The van der Waals surface area contributed by atoms with E-state index in [9.17, 15) is 19.2 Å². The minimum atomic E-state index is -4.67. The first-order valence-corrected chi connectivity index (χ1v) is 7.62. The molecule has 20 heteroatoms. The topological polar surface area (TPSA) is 230 Å². The van der Waals surface area contributed by atoms with E-state index in [4.69, 9.17) is 37.9 Å². The van der Waals surface area contributed by atoms with Gasteiger partial charge in [-0.05, 0) is 0 Å². The summed E-state index contributed by atoms with van der Waals surface area (Å²) < 4.78 is 31.6. The molecule has 30 heavy (non-hydrogen) atoms. The molecular formula is C10H20Fe3N2Na2O12S. The van der Waals surface area contributed by atoms with Crippen LogP contribution in [0.25, 0.3) is 0 Å². The minimum absolute atomic E-state index is 0. The molecule has 0 fully saturated rings. The number of carboxylic acids is 4. The van der Waals surface area contributed by atoms with Gasteiger partial charge in [-0.15, -0.1) is 0 Å². The number of rotatable bonds is 11. The molecule has 6 N–H and O–H groups in total. The third-order valence-electron chi connectivity index (χ3n) is 2.17. The van der Waals surface area contributed by atoms with Crippen molar-refractivity contribution in [3.8, 4) is 0 Å². The second kappa shape index (κ2) is 26.5. The zero-order valence-corrected chi connectivity index (χ0v) is 17.9.